The van der Waals surface area contributed by atoms with Crippen LogP contribution in [0.25, 0.3) is 0 Å². The van der Waals surface area contributed by atoms with Gasteiger partial charge in [0.25, 0.3) is 0 Å². The summed E-state index contributed by atoms with van der Waals surface area (Å²) in [6.07, 6.45) is 3.95. The molecule has 0 spiro atoms. The van der Waals surface area contributed by atoms with Gasteiger partial charge in [0.1, 0.15) is 0 Å². The summed E-state index contributed by atoms with van der Waals surface area (Å²) in [5, 5.41) is 0.707. The van der Waals surface area contributed by atoms with Gasteiger partial charge in [0.15, 0.2) is 0 Å². The van der Waals surface area contributed by atoms with Gasteiger partial charge in [-0.25, -0.2) is 0 Å². The Balaban J connectivity index is 2.25. The summed E-state index contributed by atoms with van der Waals surface area (Å²) in [5.41, 5.74) is 1.00. The molecule has 1 atom stereocenters. The molecule has 21 heavy (non-hydrogen) atoms. The molecule has 116 valence electrons. The lowest BCUT2D eigenvalue weighted by molar-refractivity contribution is -0.144. The molecule has 1 aliphatic rings. The summed E-state index contributed by atoms with van der Waals surface area (Å²) in [6, 6.07) is 5.81. The van der Waals surface area contributed by atoms with E-state index in [1.165, 1.54) is 19.3 Å². The van der Waals surface area contributed by atoms with E-state index >= 15 is 0 Å². The highest BCUT2D eigenvalue weighted by atomic mass is 79.9. The number of rotatable bonds is 5. The van der Waals surface area contributed by atoms with Crippen molar-refractivity contribution in [2.75, 3.05) is 19.7 Å². The van der Waals surface area contributed by atoms with E-state index in [1.807, 2.05) is 25.1 Å². The number of nitrogens with zero attached hydrogens (tertiary/aromatic N) is 1. The van der Waals surface area contributed by atoms with Crippen LogP contribution in [0, 0.1) is 0 Å². The molecule has 0 bridgehead atoms. The monoisotopic (exact) mass is 373 g/mol. The van der Waals surface area contributed by atoms with Crippen LogP contribution in [-0.4, -0.2) is 30.6 Å². The fourth-order valence-electron chi connectivity index (χ4n) is 2.81. The third-order valence-corrected chi connectivity index (χ3v) is 4.65. The Morgan fingerprint density at radius 3 is 2.76 bits per heavy atom. The maximum Gasteiger partial charge on any atom is 0.307 e. The first-order valence-electron chi connectivity index (χ1n) is 7.46. The molecule has 1 saturated heterocycles. The van der Waals surface area contributed by atoms with Gasteiger partial charge in [-0.2, -0.15) is 0 Å². The van der Waals surface area contributed by atoms with Crippen LogP contribution in [0.4, 0.5) is 0 Å². The third kappa shape index (κ3) is 4.70. The molecule has 2 rings (SSSR count). The molecular weight excluding hydrogens is 354 g/mol. The summed E-state index contributed by atoms with van der Waals surface area (Å²) in [5.74, 6) is -0.163. The van der Waals surface area contributed by atoms with Crippen molar-refractivity contribution in [3.05, 3.63) is 33.3 Å². The van der Waals surface area contributed by atoms with Crippen LogP contribution in [-0.2, 0) is 9.53 Å². The Morgan fingerprint density at radius 1 is 1.38 bits per heavy atom. The molecule has 0 N–H and O–H groups in total. The van der Waals surface area contributed by atoms with Crippen molar-refractivity contribution < 1.29 is 9.53 Å². The number of halogens is 2. The lowest BCUT2D eigenvalue weighted by Crippen LogP contribution is -2.35. The Morgan fingerprint density at radius 2 is 2.10 bits per heavy atom. The lowest BCUT2D eigenvalue weighted by Gasteiger charge is -2.34. The second kappa shape index (κ2) is 8.16. The second-order valence-corrected chi connectivity index (χ2v) is 6.61. The molecule has 0 aromatic heterocycles. The van der Waals surface area contributed by atoms with Crippen LogP contribution in [0.2, 0.25) is 5.02 Å². The summed E-state index contributed by atoms with van der Waals surface area (Å²) in [6.45, 7) is 4.26. The molecule has 0 aliphatic carbocycles. The SMILES string of the molecule is CCOC(=O)CC(c1cc(Br)ccc1Cl)N1CCCCC1. The van der Waals surface area contributed by atoms with Gasteiger partial charge in [0.05, 0.1) is 13.0 Å². The smallest absolute Gasteiger partial charge is 0.307 e. The Labute approximate surface area is 139 Å². The average Bonchev–Trinajstić information content (AvgIpc) is 2.49. The minimum Gasteiger partial charge on any atom is -0.466 e. The Hall–Kier alpha value is -0.580. The van der Waals surface area contributed by atoms with E-state index in [1.54, 1.807) is 0 Å². The fraction of sp³-hybridized carbons (Fsp3) is 0.562. The van der Waals surface area contributed by atoms with Crippen molar-refractivity contribution in [1.29, 1.82) is 0 Å². The number of ether oxygens (including phenoxy) is 1. The summed E-state index contributed by atoms with van der Waals surface area (Å²) < 4.78 is 6.11. The molecule has 1 fully saturated rings. The highest BCUT2D eigenvalue weighted by Gasteiger charge is 2.27. The van der Waals surface area contributed by atoms with E-state index in [9.17, 15) is 4.79 Å². The number of hydrogen-bond donors (Lipinski definition) is 0. The minimum atomic E-state index is -0.163. The molecule has 1 heterocycles. The summed E-state index contributed by atoms with van der Waals surface area (Å²) in [4.78, 5) is 14.3. The first-order chi connectivity index (χ1) is 10.1. The maximum atomic E-state index is 12.0. The molecule has 0 radical (unpaired) electrons. The van der Waals surface area contributed by atoms with Gasteiger partial charge >= 0.3 is 5.97 Å². The first kappa shape index (κ1) is 16.8. The van der Waals surface area contributed by atoms with E-state index in [4.69, 9.17) is 16.3 Å². The van der Waals surface area contributed by atoms with Crippen LogP contribution in [0.3, 0.4) is 0 Å². The third-order valence-electron chi connectivity index (χ3n) is 3.81. The van der Waals surface area contributed by atoms with E-state index in [-0.39, 0.29) is 12.0 Å². The normalized spacial score (nSPS) is 17.5. The van der Waals surface area contributed by atoms with Crippen molar-refractivity contribution in [3.63, 3.8) is 0 Å². The zero-order valence-electron chi connectivity index (χ0n) is 12.3. The lowest BCUT2D eigenvalue weighted by atomic mass is 9.99. The quantitative estimate of drug-likeness (QED) is 0.706. The van der Waals surface area contributed by atoms with Crippen molar-refractivity contribution in [2.45, 2.75) is 38.6 Å². The number of likely N-dealkylation sites (tertiary alicyclic amines) is 1. The highest BCUT2D eigenvalue weighted by molar-refractivity contribution is 9.10. The Bertz CT molecular complexity index is 489. The van der Waals surface area contributed by atoms with Crippen LogP contribution in [0.15, 0.2) is 22.7 Å². The van der Waals surface area contributed by atoms with Crippen LogP contribution < -0.4 is 0 Å². The van der Waals surface area contributed by atoms with Crippen molar-refractivity contribution >= 4 is 33.5 Å². The van der Waals surface area contributed by atoms with Gasteiger partial charge in [-0.3, -0.25) is 9.69 Å². The van der Waals surface area contributed by atoms with Crippen molar-refractivity contribution in [3.8, 4) is 0 Å². The molecule has 1 unspecified atom stereocenters. The molecule has 1 aliphatic heterocycles. The number of piperidine rings is 1. The fourth-order valence-corrected chi connectivity index (χ4v) is 3.44. The number of benzene rings is 1. The van der Waals surface area contributed by atoms with E-state index in [0.717, 1.165) is 23.1 Å². The summed E-state index contributed by atoms with van der Waals surface area (Å²) in [7, 11) is 0. The van der Waals surface area contributed by atoms with E-state index in [2.05, 4.69) is 20.8 Å². The van der Waals surface area contributed by atoms with E-state index < -0.39 is 0 Å². The Kier molecular flexibility index (Phi) is 6.52. The van der Waals surface area contributed by atoms with Gasteiger partial charge in [-0.05, 0) is 56.6 Å². The van der Waals surface area contributed by atoms with Crippen molar-refractivity contribution in [2.24, 2.45) is 0 Å². The minimum absolute atomic E-state index is 0.00523. The average molecular weight is 375 g/mol. The zero-order chi connectivity index (χ0) is 15.2. The molecule has 0 amide bonds. The number of carbonyl (C=O) groups excluding carboxylic acids is 1. The molecular formula is C16H21BrClNO2. The molecule has 1 aromatic carbocycles. The standard InChI is InChI=1S/C16H21BrClNO2/c1-2-21-16(20)11-15(19-8-4-3-5-9-19)13-10-12(17)6-7-14(13)18/h6-7,10,15H,2-5,8-9,11H2,1H3. The molecule has 0 saturated carbocycles. The van der Waals surface area contributed by atoms with Crippen LogP contribution in [0.1, 0.15) is 44.2 Å². The van der Waals surface area contributed by atoms with Crippen LogP contribution in [0.5, 0.6) is 0 Å². The van der Waals surface area contributed by atoms with E-state index in [0.29, 0.717) is 18.1 Å². The molecule has 1 aromatic rings. The van der Waals surface area contributed by atoms with Gasteiger partial charge in [-0.15, -0.1) is 0 Å². The van der Waals surface area contributed by atoms with Crippen molar-refractivity contribution in [1.82, 2.24) is 4.90 Å². The second-order valence-electron chi connectivity index (χ2n) is 5.29. The van der Waals surface area contributed by atoms with Gasteiger partial charge in [0, 0.05) is 15.5 Å². The number of carbonyl (C=O) groups is 1. The van der Waals surface area contributed by atoms with Crippen LogP contribution >= 0.6 is 27.5 Å². The molecule has 3 nitrogen and oxygen atoms in total. The predicted molar refractivity (Wildman–Crippen MR) is 88.6 cm³/mol. The maximum absolute atomic E-state index is 12.0. The molecule has 5 heteroatoms. The predicted octanol–water partition coefficient (Wildman–Crippen LogP) is 4.58. The zero-order valence-corrected chi connectivity index (χ0v) is 14.6. The topological polar surface area (TPSA) is 29.5 Å². The largest absolute Gasteiger partial charge is 0.466 e. The van der Waals surface area contributed by atoms with Gasteiger partial charge in [0.2, 0.25) is 0 Å². The highest BCUT2D eigenvalue weighted by Crippen LogP contribution is 2.34. The number of hydrogen-bond acceptors (Lipinski definition) is 3. The summed E-state index contributed by atoms with van der Waals surface area (Å²) >= 11 is 9.86. The number of esters is 1. The first-order valence-corrected chi connectivity index (χ1v) is 8.63. The van der Waals surface area contributed by atoms with Gasteiger partial charge in [-0.1, -0.05) is 34.0 Å². The van der Waals surface area contributed by atoms with Gasteiger partial charge < -0.3 is 4.74 Å².